The predicted octanol–water partition coefficient (Wildman–Crippen LogP) is 10.7. The zero-order chi connectivity index (χ0) is 71.7. The first-order chi connectivity index (χ1) is 47.6. The summed E-state index contributed by atoms with van der Waals surface area (Å²) in [5.41, 5.74) is 30.2. The van der Waals surface area contributed by atoms with Crippen LogP contribution in [0.25, 0.3) is 0 Å². The molecule has 13 rings (SSSR count). The Kier molecular flexibility index (Phi) is 34.3. The molecule has 20 nitrogen and oxygen atoms in total. The van der Waals surface area contributed by atoms with Crippen molar-refractivity contribution < 1.29 is 56.0 Å². The quantitative estimate of drug-likeness (QED) is 0.0150. The van der Waals surface area contributed by atoms with Gasteiger partial charge in [0.1, 0.15) is 11.0 Å². The Hall–Kier alpha value is -7.77. The highest BCUT2D eigenvalue weighted by Gasteiger charge is 2.29. The maximum atomic E-state index is 11.6. The highest BCUT2D eigenvalue weighted by molar-refractivity contribution is 7.86. The van der Waals surface area contributed by atoms with Gasteiger partial charge in [0, 0.05) is 94.6 Å². The Morgan fingerprint density at radius 1 is 0.677 bits per heavy atom. The van der Waals surface area contributed by atoms with Crippen LogP contribution in [0.4, 0.5) is 10.5 Å². The molecule has 7 aromatic carbocycles. The number of carbonyl (C=O) groups is 3. The monoisotopic (exact) mass is 1400 g/mol. The van der Waals surface area contributed by atoms with Crippen LogP contribution in [0.3, 0.4) is 0 Å². The summed E-state index contributed by atoms with van der Waals surface area (Å²) in [6, 6.07) is 48.8. The first kappa shape index (κ1) is 80.2. The second kappa shape index (κ2) is 42.4. The van der Waals surface area contributed by atoms with Crippen molar-refractivity contribution in [1.82, 2.24) is 20.4 Å². The van der Waals surface area contributed by atoms with Crippen LogP contribution in [0, 0.1) is 44.7 Å². The average molecular weight is 1400 g/mol. The van der Waals surface area contributed by atoms with E-state index in [9.17, 15) is 38.0 Å². The van der Waals surface area contributed by atoms with E-state index in [0.717, 1.165) is 103 Å². The minimum absolute atomic E-state index is 0.0645. The zero-order valence-corrected chi connectivity index (χ0v) is 59.9. The third-order valence-corrected chi connectivity index (χ3v) is 18.8. The van der Waals surface area contributed by atoms with E-state index in [1.807, 2.05) is 42.5 Å². The lowest BCUT2D eigenvalue weighted by Crippen LogP contribution is -2.39. The third-order valence-electron chi connectivity index (χ3n) is 17.3. The number of esters is 1. The van der Waals surface area contributed by atoms with E-state index in [1.165, 1.54) is 119 Å². The SMILES string of the molecule is COC(=O)CCCc1ccccc1C.COC(=O)Cl.Cc1cccc2c1CCN(C[C@@H](O)CN)C2.Cc1cccc2c1CCN(C[C@@H]1CO1)C2.Cc1cccc2c1CCNC2.Cc1cccc2c1CCNC2=O.NCCc1ccccc1.O=[N+]([O-])c1cccc(S(=O)(=O)OC[C@@H]2CO2)c1. The van der Waals surface area contributed by atoms with Crippen molar-refractivity contribution in [2.75, 3.05) is 86.4 Å². The molecule has 0 spiro atoms. The largest absolute Gasteiger partial charge is 0.469 e. The van der Waals surface area contributed by atoms with Crippen molar-refractivity contribution in [3.05, 3.63) is 245 Å². The first-order valence-corrected chi connectivity index (χ1v) is 35.5. The van der Waals surface area contributed by atoms with Gasteiger partial charge in [0.15, 0.2) is 0 Å². The number of nitrogens with two attached hydrogens (primary N) is 2. The number of non-ortho nitro benzene ring substituents is 1. The van der Waals surface area contributed by atoms with Gasteiger partial charge in [0.05, 0.1) is 51.2 Å². The molecule has 0 aliphatic carbocycles. The third kappa shape index (κ3) is 28.4. The number of halogens is 1. The summed E-state index contributed by atoms with van der Waals surface area (Å²) < 4.78 is 46.5. The number of benzene rings is 7. The van der Waals surface area contributed by atoms with E-state index in [2.05, 4.69) is 161 Å². The fourth-order valence-electron chi connectivity index (χ4n) is 11.6. The van der Waals surface area contributed by atoms with E-state index < -0.39 is 26.6 Å². The number of amides is 1. The lowest BCUT2D eigenvalue weighted by Gasteiger charge is -2.30. The van der Waals surface area contributed by atoms with Crippen LogP contribution in [0.15, 0.2) is 157 Å². The van der Waals surface area contributed by atoms with Crippen LogP contribution in [0.2, 0.25) is 0 Å². The lowest BCUT2D eigenvalue weighted by atomic mass is 9.95. The van der Waals surface area contributed by atoms with Crippen LogP contribution in [-0.4, -0.2) is 150 Å². The number of nitro benzene ring substituents is 1. The van der Waals surface area contributed by atoms with E-state index >= 15 is 0 Å². The van der Waals surface area contributed by atoms with E-state index in [0.29, 0.717) is 32.2 Å². The fraction of sp³-hybridized carbons (Fsp3) is 0.416. The summed E-state index contributed by atoms with van der Waals surface area (Å²) in [5.74, 6) is -0.0569. The van der Waals surface area contributed by atoms with Crippen molar-refractivity contribution in [3.8, 4) is 0 Å². The maximum absolute atomic E-state index is 11.6. The number of ether oxygens (including phenoxy) is 4. The number of fused-ring (bicyclic) bond motifs is 4. The summed E-state index contributed by atoms with van der Waals surface area (Å²) in [7, 11) is -1.31. The number of nitrogens with zero attached hydrogens (tertiary/aromatic N) is 3. The number of nitrogens with one attached hydrogen (secondary N) is 2. The van der Waals surface area contributed by atoms with Gasteiger partial charge < -0.3 is 46.2 Å². The van der Waals surface area contributed by atoms with Gasteiger partial charge in [-0.3, -0.25) is 33.7 Å². The smallest absolute Gasteiger partial charge is 0.403 e. The Bertz CT molecular complexity index is 3800. The number of hydrogen-bond acceptors (Lipinski definition) is 18. The van der Waals surface area contributed by atoms with E-state index in [4.69, 9.17) is 25.1 Å². The van der Waals surface area contributed by atoms with E-state index in [-0.39, 0.29) is 35.2 Å². The van der Waals surface area contributed by atoms with Crippen molar-refractivity contribution in [2.24, 2.45) is 11.5 Å². The number of aliphatic hydroxyl groups is 1. The highest BCUT2D eigenvalue weighted by Crippen LogP contribution is 2.26. The maximum Gasteiger partial charge on any atom is 0.403 e. The van der Waals surface area contributed by atoms with Gasteiger partial charge in [0.25, 0.3) is 21.7 Å². The number of aliphatic hydroxyl groups excluding tert-OH is 1. The van der Waals surface area contributed by atoms with Crippen LogP contribution < -0.4 is 22.1 Å². The Balaban J connectivity index is 0.000000181. The number of hydrogen-bond donors (Lipinski definition) is 5. The van der Waals surface area contributed by atoms with Crippen molar-refractivity contribution >= 4 is 44.7 Å². The number of carbonyl (C=O) groups excluding carboxylic acids is 3. The molecular weight excluding hydrogens is 1300 g/mol. The van der Waals surface area contributed by atoms with Gasteiger partial charge in [0.2, 0.25) is 0 Å². The fourth-order valence-corrected chi connectivity index (χ4v) is 12.6. The molecule has 0 radical (unpaired) electrons. The average Bonchev–Trinajstić information content (AvgIpc) is 1.55. The molecular formula is C77H100ClN7O13S. The van der Waals surface area contributed by atoms with Gasteiger partial charge in [-0.1, -0.05) is 127 Å². The Morgan fingerprint density at radius 2 is 1.21 bits per heavy atom. The molecule has 7 aromatic rings. The molecule has 7 N–H and O–H groups in total. The minimum Gasteiger partial charge on any atom is -0.469 e. The molecule has 0 saturated carbocycles. The lowest BCUT2D eigenvalue weighted by molar-refractivity contribution is -0.385. The molecule has 22 heteroatoms. The molecule has 6 heterocycles. The molecule has 3 atom stereocenters. The summed E-state index contributed by atoms with van der Waals surface area (Å²) in [6.07, 6.45) is 7.68. The van der Waals surface area contributed by atoms with Crippen molar-refractivity contribution in [2.45, 2.75) is 129 Å². The van der Waals surface area contributed by atoms with Gasteiger partial charge in [-0.2, -0.15) is 8.42 Å². The minimum atomic E-state index is -3.96. The van der Waals surface area contributed by atoms with Gasteiger partial charge in [-0.15, -0.1) is 0 Å². The first-order valence-electron chi connectivity index (χ1n) is 33.7. The zero-order valence-electron chi connectivity index (χ0n) is 58.4. The van der Waals surface area contributed by atoms with Crippen LogP contribution in [0.1, 0.15) is 101 Å². The molecule has 534 valence electrons. The predicted molar refractivity (Wildman–Crippen MR) is 388 cm³/mol. The van der Waals surface area contributed by atoms with Gasteiger partial charge in [-0.05, 0) is 183 Å². The van der Waals surface area contributed by atoms with Crippen LogP contribution in [0.5, 0.6) is 0 Å². The number of epoxide rings is 2. The number of β-amino-alcohol motifs (C(OH)–C–C–N with tert-alkyl or cyclic N) is 1. The second-order valence-electron chi connectivity index (χ2n) is 24.8. The molecule has 6 aliphatic heterocycles. The molecule has 0 unspecified atom stereocenters. The second-order valence-corrected chi connectivity index (χ2v) is 26.7. The summed E-state index contributed by atoms with van der Waals surface area (Å²) >= 11 is 4.60. The Labute approximate surface area is 589 Å². The topological polar surface area (TPSA) is 284 Å². The molecule has 6 aliphatic rings. The number of aryl methyl sites for hydroxylation is 6. The molecule has 0 aromatic heterocycles. The molecule has 2 fully saturated rings. The Morgan fingerprint density at radius 3 is 1.77 bits per heavy atom. The number of nitro groups is 1. The van der Waals surface area contributed by atoms with E-state index in [1.54, 1.807) is 11.1 Å². The summed E-state index contributed by atoms with van der Waals surface area (Å²) in [5, 5.41) is 26.2. The standard InChI is InChI=1S/C13H20N2O.C13H17NO.C12H16O2.C10H11NO.C10H13N.C9H9NO6S.C8H11N.C2H3ClO2/c1-10-3-2-4-11-8-15(6-5-13(10)11)9-12(16)7-14;1-10-3-2-4-11-7-14(6-5-13(10)11)8-12-9-15-12;1-10-6-3-4-7-11(10)8-5-9-12(13)14-2;1-7-3-2-4-9-8(7)5-6-11-10(9)12;1-8-3-2-4-9-7-11-6-5-10(8)9;11-10(12)7-2-1-3-9(4-7)17(13,14)16-6-8-5-15-8;9-7-6-8-4-2-1-3-5-8;1-5-2(3)4/h2-4,12,16H,5-9,14H2,1H3;2-4,12H,5-9H2,1H3;3-4,6-7H,5,8-9H2,1-2H3;2-4H,5-6H2,1H3,(H,11,12);2-4,11H,5-7H2,1H3;1-4,8H,5-6H2;1-5H,6-7,9H2;1H3/t2*12-;;;;8-;;/m01...0../s1. The summed E-state index contributed by atoms with van der Waals surface area (Å²) in [4.78, 5) is 46.0. The van der Waals surface area contributed by atoms with Crippen LogP contribution >= 0.6 is 11.6 Å². The highest BCUT2D eigenvalue weighted by atomic mass is 35.5. The van der Waals surface area contributed by atoms with Crippen molar-refractivity contribution in [1.29, 1.82) is 0 Å². The van der Waals surface area contributed by atoms with Gasteiger partial charge >= 0.3 is 11.4 Å². The summed E-state index contributed by atoms with van der Waals surface area (Å²) in [6.45, 7) is 22.2. The van der Waals surface area contributed by atoms with Crippen LogP contribution in [-0.2, 0) is 96.2 Å². The molecule has 99 heavy (non-hydrogen) atoms. The normalized spacial score (nSPS) is 16.2. The molecule has 1 amide bonds. The van der Waals surface area contributed by atoms with Gasteiger partial charge in [-0.25, -0.2) is 4.79 Å². The number of rotatable bonds is 16. The molecule has 2 saturated heterocycles. The number of methoxy groups -OCH3 is 2. The van der Waals surface area contributed by atoms with Crippen molar-refractivity contribution in [3.63, 3.8) is 0 Å². The molecule has 0 bridgehead atoms.